The largest absolute Gasteiger partial charge is 0.492 e. The maximum atomic E-state index is 12.3. The van der Waals surface area contributed by atoms with Gasteiger partial charge in [0.25, 0.3) is 0 Å². The summed E-state index contributed by atoms with van der Waals surface area (Å²) in [5, 5.41) is 0. The van der Waals surface area contributed by atoms with E-state index >= 15 is 0 Å². The second kappa shape index (κ2) is 8.98. The van der Waals surface area contributed by atoms with Crippen LogP contribution < -0.4 is 4.74 Å². The average Bonchev–Trinajstić information content (AvgIpc) is 3.12. The van der Waals surface area contributed by atoms with Crippen LogP contribution >= 0.6 is 31.9 Å². The molecule has 4 nitrogen and oxygen atoms in total. The molecule has 0 atom stereocenters. The molecule has 1 aliphatic rings. The number of cyclic esters (lactones) is 1. The number of aliphatic imine (C=N–C) groups is 1. The van der Waals surface area contributed by atoms with Crippen molar-refractivity contribution in [2.45, 2.75) is 6.92 Å². The molecule has 30 heavy (non-hydrogen) atoms. The molecule has 1 heterocycles. The van der Waals surface area contributed by atoms with Crippen LogP contribution in [0.15, 0.2) is 86.4 Å². The summed E-state index contributed by atoms with van der Waals surface area (Å²) in [4.78, 5) is 16.7. The molecule has 0 amide bonds. The van der Waals surface area contributed by atoms with E-state index in [1.54, 1.807) is 6.08 Å². The highest BCUT2D eigenvalue weighted by atomic mass is 79.9. The minimum Gasteiger partial charge on any atom is -0.492 e. The number of nitrogens with zero attached hydrogens (tertiary/aromatic N) is 1. The van der Waals surface area contributed by atoms with Crippen molar-refractivity contribution < 1.29 is 14.3 Å². The van der Waals surface area contributed by atoms with Crippen LogP contribution in [0.2, 0.25) is 0 Å². The van der Waals surface area contributed by atoms with E-state index in [2.05, 4.69) is 49.0 Å². The summed E-state index contributed by atoms with van der Waals surface area (Å²) in [6.07, 6.45) is 1.69. The standard InChI is InChI=1S/C24H17Br2NO3/c1-2-29-22-19(25)12-15(13-20(22)26)14-21-24(28)30-23(27-21)18-10-8-17(9-11-18)16-6-4-3-5-7-16/h3-14H,2H2,1H3/b21-14-. The van der Waals surface area contributed by atoms with Crippen LogP contribution in [0.1, 0.15) is 18.1 Å². The van der Waals surface area contributed by atoms with Crippen LogP contribution in [0.25, 0.3) is 17.2 Å². The molecule has 0 aromatic heterocycles. The van der Waals surface area contributed by atoms with Crippen LogP contribution in [0.4, 0.5) is 0 Å². The number of carbonyl (C=O) groups excluding carboxylic acids is 1. The van der Waals surface area contributed by atoms with Gasteiger partial charge in [0.2, 0.25) is 5.90 Å². The molecule has 150 valence electrons. The van der Waals surface area contributed by atoms with E-state index in [1.807, 2.05) is 61.5 Å². The lowest BCUT2D eigenvalue weighted by molar-refractivity contribution is -0.129. The zero-order chi connectivity index (χ0) is 21.1. The van der Waals surface area contributed by atoms with Gasteiger partial charge in [0, 0.05) is 5.56 Å². The molecule has 0 saturated carbocycles. The zero-order valence-corrected chi connectivity index (χ0v) is 19.2. The minimum absolute atomic E-state index is 0.250. The predicted molar refractivity (Wildman–Crippen MR) is 125 cm³/mol. The van der Waals surface area contributed by atoms with E-state index in [-0.39, 0.29) is 5.70 Å². The number of esters is 1. The number of carbonyl (C=O) groups is 1. The molecule has 0 bridgehead atoms. The highest BCUT2D eigenvalue weighted by molar-refractivity contribution is 9.11. The van der Waals surface area contributed by atoms with Gasteiger partial charge in [-0.05, 0) is 85.8 Å². The first kappa shape index (κ1) is 20.6. The van der Waals surface area contributed by atoms with Gasteiger partial charge in [-0.15, -0.1) is 0 Å². The van der Waals surface area contributed by atoms with Gasteiger partial charge in [0.05, 0.1) is 15.6 Å². The number of benzene rings is 3. The Morgan fingerprint density at radius 3 is 2.17 bits per heavy atom. The predicted octanol–water partition coefficient (Wildman–Crippen LogP) is 6.62. The van der Waals surface area contributed by atoms with Crippen molar-refractivity contribution in [3.8, 4) is 16.9 Å². The minimum atomic E-state index is -0.474. The molecule has 4 rings (SSSR count). The third-order valence-electron chi connectivity index (χ3n) is 4.47. The van der Waals surface area contributed by atoms with Crippen LogP contribution in [-0.2, 0) is 9.53 Å². The lowest BCUT2D eigenvalue weighted by Crippen LogP contribution is -2.05. The fraction of sp³-hybridized carbons (Fsp3) is 0.0833. The Bertz CT molecular complexity index is 1130. The van der Waals surface area contributed by atoms with E-state index in [0.717, 1.165) is 36.9 Å². The highest BCUT2D eigenvalue weighted by Crippen LogP contribution is 2.35. The Kier molecular flexibility index (Phi) is 6.16. The molecule has 0 radical (unpaired) electrons. The molecule has 0 fully saturated rings. The van der Waals surface area contributed by atoms with Crippen molar-refractivity contribution in [1.29, 1.82) is 0 Å². The SMILES string of the molecule is CCOc1c(Br)cc(/C=C2\N=C(c3ccc(-c4ccccc4)cc3)OC2=O)cc1Br. The summed E-state index contributed by atoms with van der Waals surface area (Å²) >= 11 is 7.00. The molecule has 0 spiro atoms. The summed E-state index contributed by atoms with van der Waals surface area (Å²) in [5.41, 5.74) is 4.01. The molecule has 6 heteroatoms. The van der Waals surface area contributed by atoms with Crippen molar-refractivity contribution in [3.05, 3.63) is 92.5 Å². The first-order chi connectivity index (χ1) is 14.5. The molecule has 0 N–H and O–H groups in total. The number of rotatable bonds is 5. The fourth-order valence-electron chi connectivity index (χ4n) is 3.07. The van der Waals surface area contributed by atoms with Gasteiger partial charge in [-0.25, -0.2) is 9.79 Å². The Hall–Kier alpha value is -2.70. The number of hydrogen-bond acceptors (Lipinski definition) is 4. The first-order valence-corrected chi connectivity index (χ1v) is 10.9. The molecule has 0 aliphatic carbocycles. The average molecular weight is 527 g/mol. The summed E-state index contributed by atoms with van der Waals surface area (Å²) in [5.74, 6) is 0.546. The van der Waals surface area contributed by atoms with Gasteiger partial charge in [-0.3, -0.25) is 0 Å². The van der Waals surface area contributed by atoms with Crippen molar-refractivity contribution in [2.24, 2.45) is 4.99 Å². The monoisotopic (exact) mass is 525 g/mol. The van der Waals surface area contributed by atoms with Gasteiger partial charge in [0.1, 0.15) is 5.75 Å². The van der Waals surface area contributed by atoms with E-state index < -0.39 is 5.97 Å². The molecular weight excluding hydrogens is 510 g/mol. The van der Waals surface area contributed by atoms with E-state index in [4.69, 9.17) is 9.47 Å². The van der Waals surface area contributed by atoms with E-state index in [9.17, 15) is 4.79 Å². The third-order valence-corrected chi connectivity index (χ3v) is 5.65. The van der Waals surface area contributed by atoms with Gasteiger partial charge in [-0.2, -0.15) is 0 Å². The summed E-state index contributed by atoms with van der Waals surface area (Å²) < 4.78 is 12.6. The van der Waals surface area contributed by atoms with Crippen molar-refractivity contribution >= 4 is 49.8 Å². The van der Waals surface area contributed by atoms with Crippen LogP contribution in [0, 0.1) is 0 Å². The van der Waals surface area contributed by atoms with Gasteiger partial charge in [0.15, 0.2) is 5.70 Å². The Balaban J connectivity index is 1.60. The molecule has 0 saturated heterocycles. The molecule has 1 aliphatic heterocycles. The Morgan fingerprint density at radius 2 is 1.53 bits per heavy atom. The normalized spacial score (nSPS) is 14.6. The lowest BCUT2D eigenvalue weighted by Gasteiger charge is -2.09. The van der Waals surface area contributed by atoms with Crippen molar-refractivity contribution in [2.75, 3.05) is 6.61 Å². The van der Waals surface area contributed by atoms with Crippen LogP contribution in [0.5, 0.6) is 5.75 Å². The molecule has 3 aromatic rings. The maximum absolute atomic E-state index is 12.3. The Labute approximate surface area is 191 Å². The number of hydrogen-bond donors (Lipinski definition) is 0. The molecular formula is C24H17Br2NO3. The summed E-state index contributed by atoms with van der Waals surface area (Å²) in [7, 11) is 0. The second-order valence-electron chi connectivity index (χ2n) is 6.53. The topological polar surface area (TPSA) is 47.9 Å². The first-order valence-electron chi connectivity index (χ1n) is 9.35. The number of ether oxygens (including phenoxy) is 2. The van der Waals surface area contributed by atoms with Gasteiger partial charge >= 0.3 is 5.97 Å². The van der Waals surface area contributed by atoms with E-state index in [1.165, 1.54) is 0 Å². The quantitative estimate of drug-likeness (QED) is 0.277. The van der Waals surface area contributed by atoms with Gasteiger partial charge in [-0.1, -0.05) is 42.5 Å². The van der Waals surface area contributed by atoms with Gasteiger partial charge < -0.3 is 9.47 Å². The summed E-state index contributed by atoms with van der Waals surface area (Å²) in [6, 6.07) is 21.6. The fourth-order valence-corrected chi connectivity index (χ4v) is 4.52. The highest BCUT2D eigenvalue weighted by Gasteiger charge is 2.24. The van der Waals surface area contributed by atoms with Crippen LogP contribution in [0.3, 0.4) is 0 Å². The van der Waals surface area contributed by atoms with Crippen molar-refractivity contribution in [1.82, 2.24) is 0 Å². The van der Waals surface area contributed by atoms with Crippen molar-refractivity contribution in [3.63, 3.8) is 0 Å². The lowest BCUT2D eigenvalue weighted by atomic mass is 10.0. The zero-order valence-electron chi connectivity index (χ0n) is 16.1. The van der Waals surface area contributed by atoms with Crippen LogP contribution in [-0.4, -0.2) is 18.5 Å². The maximum Gasteiger partial charge on any atom is 0.363 e. The molecule has 0 unspecified atom stereocenters. The smallest absolute Gasteiger partial charge is 0.363 e. The second-order valence-corrected chi connectivity index (χ2v) is 8.23. The van der Waals surface area contributed by atoms with E-state index in [0.29, 0.717) is 12.5 Å². The third kappa shape index (κ3) is 4.40. The molecule has 3 aromatic carbocycles. The summed E-state index contributed by atoms with van der Waals surface area (Å²) in [6.45, 7) is 2.48. The Morgan fingerprint density at radius 1 is 0.933 bits per heavy atom. The number of halogens is 2.